The fourth-order valence-electron chi connectivity index (χ4n) is 1.38. The average Bonchev–Trinajstić information content (AvgIpc) is 2.82. The van der Waals surface area contributed by atoms with Crippen LogP contribution in [0.3, 0.4) is 0 Å². The van der Waals surface area contributed by atoms with E-state index < -0.39 is 0 Å². The third kappa shape index (κ3) is 1.34. The average molecular weight is 197 g/mol. The Morgan fingerprint density at radius 2 is 1.93 bits per heavy atom. The predicted molar refractivity (Wildman–Crippen MR) is 54.5 cm³/mol. The number of hydrogen-bond acceptors (Lipinski definition) is 4. The maximum absolute atomic E-state index is 4.42. The summed E-state index contributed by atoms with van der Waals surface area (Å²) in [5, 5.41) is 4.00. The van der Waals surface area contributed by atoms with Crippen LogP contribution in [-0.2, 0) is 0 Å². The first-order chi connectivity index (χ1) is 7.43. The molecule has 0 radical (unpaired) electrons. The Hall–Kier alpha value is -2.30. The van der Waals surface area contributed by atoms with Crippen LogP contribution in [0.25, 0.3) is 16.9 Å². The van der Waals surface area contributed by atoms with Crippen LogP contribution in [0.2, 0.25) is 0 Å². The van der Waals surface area contributed by atoms with E-state index in [9.17, 15) is 0 Å². The van der Waals surface area contributed by atoms with Crippen molar-refractivity contribution in [3.63, 3.8) is 0 Å². The second-order valence-corrected chi connectivity index (χ2v) is 3.06. The molecule has 72 valence electrons. The van der Waals surface area contributed by atoms with Crippen molar-refractivity contribution < 1.29 is 0 Å². The number of para-hydroxylation sites is 2. The van der Waals surface area contributed by atoms with Gasteiger partial charge in [-0.2, -0.15) is 5.10 Å². The summed E-state index contributed by atoms with van der Waals surface area (Å²) in [6.45, 7) is 0. The fourth-order valence-corrected chi connectivity index (χ4v) is 1.38. The number of aromatic nitrogens is 5. The van der Waals surface area contributed by atoms with Crippen LogP contribution in [0.4, 0.5) is 0 Å². The van der Waals surface area contributed by atoms with Crippen molar-refractivity contribution in [3.05, 3.63) is 43.1 Å². The van der Waals surface area contributed by atoms with Crippen molar-refractivity contribution in [2.24, 2.45) is 0 Å². The summed E-state index contributed by atoms with van der Waals surface area (Å²) in [6, 6.07) is 7.71. The molecular formula is C10H7N5. The van der Waals surface area contributed by atoms with Gasteiger partial charge in [0.1, 0.15) is 12.7 Å². The molecule has 5 nitrogen and oxygen atoms in total. The molecular weight excluding hydrogens is 190 g/mol. The summed E-state index contributed by atoms with van der Waals surface area (Å²) >= 11 is 0. The van der Waals surface area contributed by atoms with E-state index in [4.69, 9.17) is 0 Å². The first-order valence-electron chi connectivity index (χ1n) is 4.50. The molecule has 2 aromatic heterocycles. The molecule has 3 rings (SSSR count). The van der Waals surface area contributed by atoms with Crippen LogP contribution in [0.1, 0.15) is 0 Å². The largest absolute Gasteiger partial charge is 0.251 e. The first kappa shape index (κ1) is 8.05. The minimum atomic E-state index is 0.672. The fraction of sp³-hybridized carbons (Fsp3) is 0. The molecule has 2 heterocycles. The van der Waals surface area contributed by atoms with Crippen LogP contribution in [0.15, 0.2) is 43.1 Å². The quantitative estimate of drug-likeness (QED) is 0.588. The Morgan fingerprint density at radius 1 is 1.07 bits per heavy atom. The zero-order chi connectivity index (χ0) is 10.1. The molecule has 0 aliphatic carbocycles. The van der Waals surface area contributed by atoms with Crippen molar-refractivity contribution in [1.29, 1.82) is 0 Å². The highest BCUT2D eigenvalue weighted by Gasteiger charge is 2.00. The number of hydrogen-bond donors (Lipinski definition) is 0. The van der Waals surface area contributed by atoms with Gasteiger partial charge in [0.25, 0.3) is 0 Å². The van der Waals surface area contributed by atoms with Crippen LogP contribution >= 0.6 is 0 Å². The van der Waals surface area contributed by atoms with E-state index in [1.165, 1.54) is 6.33 Å². The van der Waals surface area contributed by atoms with Gasteiger partial charge in [-0.25, -0.2) is 14.6 Å². The van der Waals surface area contributed by atoms with Crippen LogP contribution in [0.5, 0.6) is 0 Å². The van der Waals surface area contributed by atoms with Crippen molar-refractivity contribution in [2.75, 3.05) is 0 Å². The molecule has 3 aromatic rings. The second-order valence-electron chi connectivity index (χ2n) is 3.06. The lowest BCUT2D eigenvalue weighted by molar-refractivity contribution is 0.844. The number of rotatable bonds is 1. The highest BCUT2D eigenvalue weighted by Crippen LogP contribution is 2.09. The third-order valence-corrected chi connectivity index (χ3v) is 2.09. The summed E-state index contributed by atoms with van der Waals surface area (Å²) in [6.07, 6.45) is 4.74. The summed E-state index contributed by atoms with van der Waals surface area (Å²) < 4.78 is 1.58. The monoisotopic (exact) mass is 197 g/mol. The van der Waals surface area contributed by atoms with Gasteiger partial charge in [-0.3, -0.25) is 4.98 Å². The van der Waals surface area contributed by atoms with E-state index in [1.807, 2.05) is 24.3 Å². The van der Waals surface area contributed by atoms with E-state index in [1.54, 1.807) is 17.2 Å². The SMILES string of the molecule is c1ccc2nc(-n3cncn3)cnc2c1. The minimum Gasteiger partial charge on any atom is -0.251 e. The Kier molecular flexibility index (Phi) is 1.68. The molecule has 1 aromatic carbocycles. The Labute approximate surface area is 85.4 Å². The van der Waals surface area contributed by atoms with Gasteiger partial charge in [-0.1, -0.05) is 12.1 Å². The van der Waals surface area contributed by atoms with E-state index >= 15 is 0 Å². The Morgan fingerprint density at radius 3 is 2.73 bits per heavy atom. The molecule has 0 bridgehead atoms. The van der Waals surface area contributed by atoms with E-state index in [2.05, 4.69) is 20.1 Å². The summed E-state index contributed by atoms with van der Waals surface area (Å²) in [5.41, 5.74) is 1.73. The molecule has 0 spiro atoms. The molecule has 0 saturated heterocycles. The van der Waals surface area contributed by atoms with Gasteiger partial charge in [0.15, 0.2) is 5.82 Å². The molecule has 0 saturated carbocycles. The molecule has 0 aliphatic rings. The lowest BCUT2D eigenvalue weighted by Gasteiger charge is -2.00. The Balaban J connectivity index is 2.22. The summed E-state index contributed by atoms with van der Waals surface area (Å²) in [5.74, 6) is 0.672. The van der Waals surface area contributed by atoms with Gasteiger partial charge in [-0.15, -0.1) is 0 Å². The number of fused-ring (bicyclic) bond motifs is 1. The highest BCUT2D eigenvalue weighted by atomic mass is 15.3. The molecule has 5 heteroatoms. The van der Waals surface area contributed by atoms with Gasteiger partial charge >= 0.3 is 0 Å². The van der Waals surface area contributed by atoms with Crippen LogP contribution in [-0.4, -0.2) is 24.7 Å². The minimum absolute atomic E-state index is 0.672. The maximum Gasteiger partial charge on any atom is 0.174 e. The van der Waals surface area contributed by atoms with Gasteiger partial charge in [-0.05, 0) is 12.1 Å². The number of benzene rings is 1. The van der Waals surface area contributed by atoms with E-state index in [0.29, 0.717) is 5.82 Å². The molecule has 0 fully saturated rings. The van der Waals surface area contributed by atoms with Crippen molar-refractivity contribution in [2.45, 2.75) is 0 Å². The normalized spacial score (nSPS) is 10.7. The smallest absolute Gasteiger partial charge is 0.174 e. The lowest BCUT2D eigenvalue weighted by atomic mass is 10.3. The molecule has 0 amide bonds. The van der Waals surface area contributed by atoms with Crippen molar-refractivity contribution in [1.82, 2.24) is 24.7 Å². The van der Waals surface area contributed by atoms with Gasteiger partial charge < -0.3 is 0 Å². The standard InChI is InChI=1S/C10H7N5/c1-2-4-9-8(3-1)12-5-10(14-9)15-7-11-6-13-15/h1-7H. The summed E-state index contributed by atoms with van der Waals surface area (Å²) in [4.78, 5) is 12.6. The van der Waals surface area contributed by atoms with Crippen LogP contribution in [0, 0.1) is 0 Å². The van der Waals surface area contributed by atoms with Crippen molar-refractivity contribution >= 4 is 11.0 Å². The van der Waals surface area contributed by atoms with Gasteiger partial charge in [0.2, 0.25) is 0 Å². The maximum atomic E-state index is 4.42. The number of nitrogens with zero attached hydrogens (tertiary/aromatic N) is 5. The topological polar surface area (TPSA) is 56.5 Å². The Bertz CT molecular complexity index is 588. The zero-order valence-electron chi connectivity index (χ0n) is 7.78. The molecule has 0 aliphatic heterocycles. The van der Waals surface area contributed by atoms with Crippen LogP contribution < -0.4 is 0 Å². The van der Waals surface area contributed by atoms with Crippen molar-refractivity contribution in [3.8, 4) is 5.82 Å². The van der Waals surface area contributed by atoms with E-state index in [0.717, 1.165) is 11.0 Å². The van der Waals surface area contributed by atoms with Gasteiger partial charge in [0, 0.05) is 0 Å². The summed E-state index contributed by atoms with van der Waals surface area (Å²) in [7, 11) is 0. The zero-order valence-corrected chi connectivity index (χ0v) is 7.78. The highest BCUT2D eigenvalue weighted by molar-refractivity contribution is 5.74. The molecule has 0 N–H and O–H groups in total. The molecule has 0 atom stereocenters. The predicted octanol–water partition coefficient (Wildman–Crippen LogP) is 1.21. The first-order valence-corrected chi connectivity index (χ1v) is 4.50. The lowest BCUT2D eigenvalue weighted by Crippen LogP contribution is -1.99. The third-order valence-electron chi connectivity index (χ3n) is 2.09. The molecule has 0 unspecified atom stereocenters. The second kappa shape index (κ2) is 3.13. The molecule has 15 heavy (non-hydrogen) atoms. The van der Waals surface area contributed by atoms with E-state index in [-0.39, 0.29) is 0 Å². The van der Waals surface area contributed by atoms with Gasteiger partial charge in [0.05, 0.1) is 17.2 Å².